The van der Waals surface area contributed by atoms with Crippen molar-refractivity contribution in [3.63, 3.8) is 0 Å². The van der Waals surface area contributed by atoms with E-state index in [-0.39, 0.29) is 5.01 Å². The fourth-order valence-electron chi connectivity index (χ4n) is 1.66. The molecule has 4 heteroatoms. The molecule has 1 nitrogen and oxygen atoms in total. The molecule has 2 atom stereocenters. The average molecular weight is 396 g/mol. The molecule has 0 saturated heterocycles. The van der Waals surface area contributed by atoms with Crippen molar-refractivity contribution in [2.45, 2.75) is 42.5 Å². The lowest BCUT2D eigenvalue weighted by atomic mass is 10.0. The first-order valence-electron chi connectivity index (χ1n) is 6.30. The van der Waals surface area contributed by atoms with Crippen LogP contribution in [0.1, 0.15) is 32.6 Å². The molecule has 0 aliphatic rings. The third-order valence-electron chi connectivity index (χ3n) is 2.85. The molecule has 0 bridgehead atoms. The smallest absolute Gasteiger partial charge is 0.155 e. The third-order valence-corrected chi connectivity index (χ3v) is 4.86. The Balaban J connectivity index is 2.35. The summed E-state index contributed by atoms with van der Waals surface area (Å²) in [7, 11) is 0. The standard InChI is InChI=1S/C14H20Br2OS/c1-11(7-3-2-6-10-15)14(16)17-12-8-4-5-9-13(12)18/h4-5,8-9,11,14,18H,2-3,6-7,10H2,1H3. The third kappa shape index (κ3) is 5.98. The van der Waals surface area contributed by atoms with E-state index in [4.69, 9.17) is 4.74 Å². The summed E-state index contributed by atoms with van der Waals surface area (Å²) in [5.74, 6) is 1.34. The second kappa shape index (κ2) is 9.27. The SMILES string of the molecule is CC(CCCCCBr)C(Br)Oc1ccccc1S. The summed E-state index contributed by atoms with van der Waals surface area (Å²) in [6.45, 7) is 2.22. The highest BCUT2D eigenvalue weighted by Crippen LogP contribution is 2.28. The summed E-state index contributed by atoms with van der Waals surface area (Å²) < 4.78 is 5.89. The van der Waals surface area contributed by atoms with E-state index in [9.17, 15) is 0 Å². The van der Waals surface area contributed by atoms with Crippen molar-refractivity contribution in [3.8, 4) is 5.75 Å². The zero-order valence-corrected chi connectivity index (χ0v) is 14.7. The van der Waals surface area contributed by atoms with Crippen LogP contribution in [-0.2, 0) is 0 Å². The predicted molar refractivity (Wildman–Crippen MR) is 88.5 cm³/mol. The predicted octanol–water partition coefficient (Wildman–Crippen LogP) is 5.67. The van der Waals surface area contributed by atoms with Gasteiger partial charge in [0.1, 0.15) is 5.75 Å². The molecule has 102 valence electrons. The molecule has 0 radical (unpaired) electrons. The van der Waals surface area contributed by atoms with Gasteiger partial charge in [-0.05, 0) is 40.9 Å². The number of alkyl halides is 2. The molecule has 18 heavy (non-hydrogen) atoms. The van der Waals surface area contributed by atoms with Crippen LogP contribution in [0.15, 0.2) is 29.2 Å². The molecule has 1 aromatic carbocycles. The molecule has 0 aliphatic heterocycles. The number of thiol groups is 1. The molecule has 0 fully saturated rings. The maximum absolute atomic E-state index is 5.89. The minimum absolute atomic E-state index is 0.0507. The number of benzene rings is 1. The summed E-state index contributed by atoms with van der Waals surface area (Å²) in [6, 6.07) is 7.82. The summed E-state index contributed by atoms with van der Waals surface area (Å²) >= 11 is 11.5. The van der Waals surface area contributed by atoms with Gasteiger partial charge in [0, 0.05) is 16.1 Å². The monoisotopic (exact) mass is 394 g/mol. The van der Waals surface area contributed by atoms with Crippen molar-refractivity contribution >= 4 is 44.5 Å². The molecular formula is C14H20Br2OS. The lowest BCUT2D eigenvalue weighted by Crippen LogP contribution is -2.18. The Morgan fingerprint density at radius 2 is 1.94 bits per heavy atom. The molecule has 0 aliphatic carbocycles. The second-order valence-electron chi connectivity index (χ2n) is 4.45. The quantitative estimate of drug-likeness (QED) is 0.339. The van der Waals surface area contributed by atoms with E-state index in [2.05, 4.69) is 51.4 Å². The molecule has 0 spiro atoms. The Kier molecular flexibility index (Phi) is 8.44. The van der Waals surface area contributed by atoms with Crippen LogP contribution in [0.2, 0.25) is 0 Å². The van der Waals surface area contributed by atoms with Gasteiger partial charge in [0.25, 0.3) is 0 Å². The summed E-state index contributed by atoms with van der Waals surface area (Å²) in [5.41, 5.74) is 0. The van der Waals surface area contributed by atoms with Gasteiger partial charge in [-0.15, -0.1) is 12.6 Å². The van der Waals surface area contributed by atoms with Crippen LogP contribution in [0.5, 0.6) is 5.75 Å². The number of unbranched alkanes of at least 4 members (excludes halogenated alkanes) is 2. The molecule has 0 aromatic heterocycles. The van der Waals surface area contributed by atoms with E-state index in [1.807, 2.05) is 24.3 Å². The van der Waals surface area contributed by atoms with Crippen molar-refractivity contribution in [1.82, 2.24) is 0 Å². The number of halogens is 2. The number of para-hydroxylation sites is 1. The van der Waals surface area contributed by atoms with Crippen molar-refractivity contribution in [1.29, 1.82) is 0 Å². The lowest BCUT2D eigenvalue weighted by Gasteiger charge is -2.20. The minimum atomic E-state index is 0.0507. The van der Waals surface area contributed by atoms with Crippen LogP contribution in [0.3, 0.4) is 0 Å². The minimum Gasteiger partial charge on any atom is -0.478 e. The van der Waals surface area contributed by atoms with Gasteiger partial charge in [0.2, 0.25) is 0 Å². The van der Waals surface area contributed by atoms with E-state index in [1.54, 1.807) is 0 Å². The molecule has 2 unspecified atom stereocenters. The Hall–Kier alpha value is 0.330. The molecule has 1 rings (SSSR count). The number of rotatable bonds is 8. The normalized spacial score (nSPS) is 14.2. The zero-order valence-electron chi connectivity index (χ0n) is 10.6. The molecular weight excluding hydrogens is 376 g/mol. The first kappa shape index (κ1) is 16.4. The Morgan fingerprint density at radius 3 is 2.61 bits per heavy atom. The first-order chi connectivity index (χ1) is 8.65. The molecule has 0 heterocycles. The topological polar surface area (TPSA) is 9.23 Å². The Morgan fingerprint density at radius 1 is 1.22 bits per heavy atom. The van der Waals surface area contributed by atoms with Gasteiger partial charge in [-0.25, -0.2) is 0 Å². The van der Waals surface area contributed by atoms with Gasteiger partial charge >= 0.3 is 0 Å². The van der Waals surface area contributed by atoms with Crippen LogP contribution < -0.4 is 4.74 Å². The zero-order chi connectivity index (χ0) is 13.4. The lowest BCUT2D eigenvalue weighted by molar-refractivity contribution is 0.218. The van der Waals surface area contributed by atoms with Crippen molar-refractivity contribution in [2.75, 3.05) is 5.33 Å². The van der Waals surface area contributed by atoms with Gasteiger partial charge in [-0.1, -0.05) is 47.8 Å². The van der Waals surface area contributed by atoms with Crippen LogP contribution in [-0.4, -0.2) is 10.3 Å². The number of ether oxygens (including phenoxy) is 1. The van der Waals surface area contributed by atoms with Crippen molar-refractivity contribution < 1.29 is 4.74 Å². The highest BCUT2D eigenvalue weighted by atomic mass is 79.9. The van der Waals surface area contributed by atoms with Crippen molar-refractivity contribution in [2.24, 2.45) is 5.92 Å². The second-order valence-corrected chi connectivity index (χ2v) is 6.63. The number of hydrogen-bond donors (Lipinski definition) is 1. The van der Waals surface area contributed by atoms with E-state index in [0.29, 0.717) is 5.92 Å². The molecule has 0 N–H and O–H groups in total. The fourth-order valence-corrected chi connectivity index (χ4v) is 2.74. The largest absolute Gasteiger partial charge is 0.478 e. The Bertz CT molecular complexity index is 346. The van der Waals surface area contributed by atoms with Gasteiger partial charge in [0.05, 0.1) is 0 Å². The van der Waals surface area contributed by atoms with Gasteiger partial charge < -0.3 is 4.74 Å². The summed E-state index contributed by atoms with van der Waals surface area (Å²) in [6.07, 6.45) is 4.96. The highest BCUT2D eigenvalue weighted by Gasteiger charge is 2.16. The van der Waals surface area contributed by atoms with Gasteiger partial charge in [0.15, 0.2) is 5.01 Å². The van der Waals surface area contributed by atoms with Gasteiger partial charge in [-0.3, -0.25) is 0 Å². The molecule has 0 amide bonds. The van der Waals surface area contributed by atoms with E-state index >= 15 is 0 Å². The van der Waals surface area contributed by atoms with E-state index in [1.165, 1.54) is 25.7 Å². The van der Waals surface area contributed by atoms with E-state index in [0.717, 1.165) is 16.0 Å². The Labute approximate surface area is 132 Å². The molecule has 1 aromatic rings. The fraction of sp³-hybridized carbons (Fsp3) is 0.571. The van der Waals surface area contributed by atoms with Crippen LogP contribution in [0.4, 0.5) is 0 Å². The van der Waals surface area contributed by atoms with Crippen LogP contribution >= 0.6 is 44.5 Å². The maximum atomic E-state index is 5.89. The van der Waals surface area contributed by atoms with Crippen molar-refractivity contribution in [3.05, 3.63) is 24.3 Å². The average Bonchev–Trinajstić information content (AvgIpc) is 2.37. The van der Waals surface area contributed by atoms with Gasteiger partial charge in [-0.2, -0.15) is 0 Å². The van der Waals surface area contributed by atoms with Crippen LogP contribution in [0.25, 0.3) is 0 Å². The first-order valence-corrected chi connectivity index (χ1v) is 8.78. The maximum Gasteiger partial charge on any atom is 0.155 e. The highest BCUT2D eigenvalue weighted by molar-refractivity contribution is 9.09. The summed E-state index contributed by atoms with van der Waals surface area (Å²) in [5, 5.41) is 1.15. The molecule has 0 saturated carbocycles. The van der Waals surface area contributed by atoms with E-state index < -0.39 is 0 Å². The summed E-state index contributed by atoms with van der Waals surface area (Å²) in [4.78, 5) is 0.883. The number of hydrogen-bond acceptors (Lipinski definition) is 2. The van der Waals surface area contributed by atoms with Crippen LogP contribution in [0, 0.1) is 5.92 Å².